The van der Waals surface area contributed by atoms with E-state index in [1.165, 1.54) is 6.92 Å². The van der Waals surface area contributed by atoms with Gasteiger partial charge in [-0.05, 0) is 47.5 Å². The van der Waals surface area contributed by atoms with Gasteiger partial charge in [-0.3, -0.25) is 4.79 Å². The number of piperidine rings is 1. The van der Waals surface area contributed by atoms with Crippen molar-refractivity contribution in [2.75, 3.05) is 26.2 Å². The number of amides is 2. The Hall–Kier alpha value is -1.34. The number of aliphatic hydroxyl groups is 1. The van der Waals surface area contributed by atoms with Crippen LogP contribution in [0.3, 0.4) is 0 Å². The molecule has 2 saturated heterocycles. The molecule has 7 nitrogen and oxygen atoms in total. The summed E-state index contributed by atoms with van der Waals surface area (Å²) >= 11 is 0. The molecule has 0 radical (unpaired) electrons. The van der Waals surface area contributed by atoms with Crippen LogP contribution in [0.5, 0.6) is 0 Å². The minimum Gasteiger partial charge on any atom is -0.444 e. The average molecular weight is 328 g/mol. The third kappa shape index (κ3) is 3.95. The number of morpholine rings is 1. The molecule has 0 aromatic carbocycles. The highest BCUT2D eigenvalue weighted by molar-refractivity contribution is 5.84. The van der Waals surface area contributed by atoms with Gasteiger partial charge in [-0.15, -0.1) is 0 Å². The Morgan fingerprint density at radius 3 is 2.39 bits per heavy atom. The Balaban J connectivity index is 2.02. The van der Waals surface area contributed by atoms with Gasteiger partial charge in [-0.25, -0.2) is 4.79 Å². The van der Waals surface area contributed by atoms with Gasteiger partial charge in [-0.1, -0.05) is 0 Å². The van der Waals surface area contributed by atoms with E-state index in [0.717, 1.165) is 0 Å². The second-order valence-corrected chi connectivity index (χ2v) is 7.55. The third-order valence-electron chi connectivity index (χ3n) is 4.29. The SMILES string of the molecule is CCN1CC2(CCN(C(=O)OC(C)(C)C)CC2)OC(C)(O)C1=O. The van der Waals surface area contributed by atoms with Crippen molar-refractivity contribution in [2.45, 2.75) is 64.4 Å². The van der Waals surface area contributed by atoms with Crippen LogP contribution in [0.4, 0.5) is 4.79 Å². The summed E-state index contributed by atoms with van der Waals surface area (Å²) in [7, 11) is 0. The second-order valence-electron chi connectivity index (χ2n) is 7.55. The highest BCUT2D eigenvalue weighted by Gasteiger charge is 2.52. The zero-order valence-electron chi connectivity index (χ0n) is 14.7. The van der Waals surface area contributed by atoms with Crippen LogP contribution in [0, 0.1) is 0 Å². The van der Waals surface area contributed by atoms with Crippen LogP contribution in [0.25, 0.3) is 0 Å². The number of likely N-dealkylation sites (tertiary alicyclic amines) is 1. The van der Waals surface area contributed by atoms with Crippen molar-refractivity contribution in [1.29, 1.82) is 0 Å². The molecule has 132 valence electrons. The van der Waals surface area contributed by atoms with E-state index in [0.29, 0.717) is 39.0 Å². The van der Waals surface area contributed by atoms with Gasteiger partial charge in [0.05, 0.1) is 12.1 Å². The number of hydrogen-bond donors (Lipinski definition) is 1. The van der Waals surface area contributed by atoms with E-state index in [9.17, 15) is 14.7 Å². The molecule has 2 fully saturated rings. The van der Waals surface area contributed by atoms with Crippen molar-refractivity contribution in [3.05, 3.63) is 0 Å². The predicted octanol–water partition coefficient (Wildman–Crippen LogP) is 1.34. The first-order chi connectivity index (χ1) is 10.5. The van der Waals surface area contributed by atoms with Gasteiger partial charge in [-0.2, -0.15) is 0 Å². The Kier molecular flexibility index (Phi) is 4.65. The Morgan fingerprint density at radius 1 is 1.35 bits per heavy atom. The monoisotopic (exact) mass is 328 g/mol. The average Bonchev–Trinajstić information content (AvgIpc) is 2.41. The first kappa shape index (κ1) is 18.0. The number of likely N-dealkylation sites (N-methyl/N-ethyl adjacent to an activating group) is 1. The summed E-state index contributed by atoms with van der Waals surface area (Å²) in [5.41, 5.74) is -1.13. The summed E-state index contributed by atoms with van der Waals surface area (Å²) in [5, 5.41) is 10.3. The number of nitrogens with zero attached hydrogens (tertiary/aromatic N) is 2. The molecule has 0 aromatic rings. The fourth-order valence-corrected chi connectivity index (χ4v) is 3.15. The Bertz CT molecular complexity index is 475. The van der Waals surface area contributed by atoms with Gasteiger partial charge in [0.15, 0.2) is 0 Å². The third-order valence-corrected chi connectivity index (χ3v) is 4.29. The Labute approximate surface area is 137 Å². The van der Waals surface area contributed by atoms with E-state index in [1.54, 1.807) is 9.80 Å². The highest BCUT2D eigenvalue weighted by atomic mass is 16.6. The van der Waals surface area contributed by atoms with Gasteiger partial charge in [0.1, 0.15) is 5.60 Å². The van der Waals surface area contributed by atoms with Crippen LogP contribution >= 0.6 is 0 Å². The summed E-state index contributed by atoms with van der Waals surface area (Å²) in [6.07, 6.45) is 0.788. The maximum Gasteiger partial charge on any atom is 0.410 e. The van der Waals surface area contributed by atoms with Gasteiger partial charge >= 0.3 is 6.09 Å². The van der Waals surface area contributed by atoms with Crippen molar-refractivity contribution < 1.29 is 24.2 Å². The molecule has 0 saturated carbocycles. The normalized spacial score (nSPS) is 28.2. The van der Waals surface area contributed by atoms with Crippen LogP contribution in [0.1, 0.15) is 47.5 Å². The molecule has 23 heavy (non-hydrogen) atoms. The maximum atomic E-state index is 12.1. The number of hydrogen-bond acceptors (Lipinski definition) is 5. The first-order valence-electron chi connectivity index (χ1n) is 8.18. The molecule has 2 rings (SSSR count). The molecule has 2 amide bonds. The molecule has 0 bridgehead atoms. The maximum absolute atomic E-state index is 12.1. The number of carbonyl (C=O) groups excluding carboxylic acids is 2. The lowest BCUT2D eigenvalue weighted by Crippen LogP contribution is -2.66. The van der Waals surface area contributed by atoms with Gasteiger partial charge < -0.3 is 24.4 Å². The molecular weight excluding hydrogens is 300 g/mol. The number of rotatable bonds is 1. The lowest BCUT2D eigenvalue weighted by atomic mass is 9.88. The molecule has 2 heterocycles. The van der Waals surface area contributed by atoms with Crippen LogP contribution in [0.2, 0.25) is 0 Å². The van der Waals surface area contributed by atoms with Crippen LogP contribution in [-0.2, 0) is 14.3 Å². The fourth-order valence-electron chi connectivity index (χ4n) is 3.15. The molecule has 1 unspecified atom stereocenters. The largest absolute Gasteiger partial charge is 0.444 e. The van der Waals surface area contributed by atoms with Crippen LogP contribution in [-0.4, -0.2) is 70.1 Å². The summed E-state index contributed by atoms with van der Waals surface area (Å²) in [4.78, 5) is 27.5. The minimum atomic E-state index is -1.80. The van der Waals surface area contributed by atoms with Crippen molar-refractivity contribution in [2.24, 2.45) is 0 Å². The molecule has 0 aliphatic carbocycles. The lowest BCUT2D eigenvalue weighted by molar-refractivity contribution is -0.284. The first-order valence-corrected chi connectivity index (χ1v) is 8.18. The minimum absolute atomic E-state index is 0.335. The molecule has 1 N–H and O–H groups in total. The summed E-state index contributed by atoms with van der Waals surface area (Å²) < 4.78 is 11.1. The summed E-state index contributed by atoms with van der Waals surface area (Å²) in [6, 6.07) is 0. The molecular formula is C16H28N2O5. The van der Waals surface area contributed by atoms with Crippen molar-refractivity contribution in [3.8, 4) is 0 Å². The molecule has 1 atom stereocenters. The lowest BCUT2D eigenvalue weighted by Gasteiger charge is -2.51. The van der Waals surface area contributed by atoms with Gasteiger partial charge in [0.25, 0.3) is 5.91 Å². The predicted molar refractivity (Wildman–Crippen MR) is 83.7 cm³/mol. The topological polar surface area (TPSA) is 79.3 Å². The summed E-state index contributed by atoms with van der Waals surface area (Å²) in [5.74, 6) is -2.21. The van der Waals surface area contributed by atoms with E-state index >= 15 is 0 Å². The Morgan fingerprint density at radius 2 is 1.91 bits per heavy atom. The zero-order chi connectivity index (χ0) is 17.5. The van der Waals surface area contributed by atoms with Crippen LogP contribution < -0.4 is 0 Å². The molecule has 7 heteroatoms. The molecule has 2 aliphatic rings. The van der Waals surface area contributed by atoms with E-state index in [-0.39, 0.29) is 6.09 Å². The zero-order valence-corrected chi connectivity index (χ0v) is 14.7. The van der Waals surface area contributed by atoms with Crippen LogP contribution in [0.15, 0.2) is 0 Å². The second kappa shape index (κ2) is 5.94. The standard InChI is InChI=1S/C16H28N2O5/c1-6-17-11-16(23-15(5,21)12(17)19)7-9-18(10-8-16)13(20)22-14(2,3)4/h21H,6-11H2,1-5H3. The van der Waals surface area contributed by atoms with E-state index in [2.05, 4.69) is 0 Å². The quantitative estimate of drug-likeness (QED) is 0.786. The molecule has 0 aromatic heterocycles. The van der Waals surface area contributed by atoms with E-state index < -0.39 is 22.9 Å². The molecule has 2 aliphatic heterocycles. The fraction of sp³-hybridized carbons (Fsp3) is 0.875. The number of carbonyl (C=O) groups is 2. The van der Waals surface area contributed by atoms with Gasteiger partial charge in [0, 0.05) is 19.6 Å². The van der Waals surface area contributed by atoms with Crippen molar-refractivity contribution in [3.63, 3.8) is 0 Å². The van der Waals surface area contributed by atoms with Crippen molar-refractivity contribution in [1.82, 2.24) is 9.80 Å². The van der Waals surface area contributed by atoms with Gasteiger partial charge in [0.2, 0.25) is 5.79 Å². The highest BCUT2D eigenvalue weighted by Crippen LogP contribution is 2.36. The van der Waals surface area contributed by atoms with E-state index in [4.69, 9.17) is 9.47 Å². The van der Waals surface area contributed by atoms with E-state index in [1.807, 2.05) is 27.7 Å². The number of ether oxygens (including phenoxy) is 2. The summed E-state index contributed by atoms with van der Waals surface area (Å²) in [6.45, 7) is 10.7. The smallest absolute Gasteiger partial charge is 0.410 e. The molecule has 1 spiro atoms. The van der Waals surface area contributed by atoms with Crippen molar-refractivity contribution >= 4 is 12.0 Å².